The van der Waals surface area contributed by atoms with Crippen LogP contribution in [0.3, 0.4) is 0 Å². The minimum Gasteiger partial charge on any atom is -0.481 e. The molecule has 4 nitrogen and oxygen atoms in total. The van der Waals surface area contributed by atoms with E-state index in [0.29, 0.717) is 17.3 Å². The van der Waals surface area contributed by atoms with Crippen LogP contribution in [-0.2, 0) is 9.59 Å². The quantitative estimate of drug-likeness (QED) is 0.693. The molecule has 0 aromatic rings. The second-order valence-electron chi connectivity index (χ2n) is 11.1. The molecule has 6 rings (SSSR count). The molecule has 4 heteroatoms. The lowest BCUT2D eigenvalue weighted by Gasteiger charge is -2.68. The van der Waals surface area contributed by atoms with E-state index in [9.17, 15) is 19.8 Å². The fraction of sp³-hybridized carbons (Fsp3) is 0.917. The molecule has 0 aliphatic heterocycles. The summed E-state index contributed by atoms with van der Waals surface area (Å²) in [5, 5.41) is 19.0. The zero-order chi connectivity index (χ0) is 19.5. The molecule has 156 valence electrons. The van der Waals surface area contributed by atoms with E-state index in [2.05, 4.69) is 0 Å². The molecule has 6 fully saturated rings. The molecule has 28 heavy (non-hydrogen) atoms. The average molecular weight is 389 g/mol. The third kappa shape index (κ3) is 2.84. The summed E-state index contributed by atoms with van der Waals surface area (Å²) in [7, 11) is 0. The lowest BCUT2D eigenvalue weighted by atomic mass is 9.37. The lowest BCUT2D eigenvalue weighted by molar-refractivity contribution is -0.190. The Bertz CT molecular complexity index is 561. The summed E-state index contributed by atoms with van der Waals surface area (Å²) >= 11 is 0. The Labute approximate surface area is 168 Å². The molecule has 0 spiro atoms. The van der Waals surface area contributed by atoms with E-state index >= 15 is 0 Å². The number of aliphatic carboxylic acids is 2. The van der Waals surface area contributed by atoms with Crippen molar-refractivity contribution in [2.24, 2.45) is 52.8 Å². The minimum atomic E-state index is -0.598. The predicted octanol–water partition coefficient (Wildman–Crippen LogP) is 5.21. The molecule has 4 bridgehead atoms. The van der Waals surface area contributed by atoms with Crippen molar-refractivity contribution in [2.75, 3.05) is 0 Å². The third-order valence-electron chi connectivity index (χ3n) is 10.1. The van der Waals surface area contributed by atoms with Gasteiger partial charge in [-0.05, 0) is 124 Å². The van der Waals surface area contributed by atoms with Gasteiger partial charge >= 0.3 is 11.9 Å². The number of hydrogen-bond donors (Lipinski definition) is 2. The predicted molar refractivity (Wildman–Crippen MR) is 106 cm³/mol. The van der Waals surface area contributed by atoms with Gasteiger partial charge in [-0.15, -0.1) is 0 Å². The van der Waals surface area contributed by atoms with Crippen LogP contribution in [0, 0.1) is 52.8 Å². The molecule has 6 aliphatic rings. The molecule has 2 N–H and O–H groups in total. The summed E-state index contributed by atoms with van der Waals surface area (Å²) in [6.07, 6.45) is 14.9. The Morgan fingerprint density at radius 2 is 0.893 bits per heavy atom. The zero-order valence-corrected chi connectivity index (χ0v) is 17.0. The summed E-state index contributed by atoms with van der Waals surface area (Å²) in [6, 6.07) is 0. The van der Waals surface area contributed by atoms with Crippen LogP contribution in [0.4, 0.5) is 0 Å². The highest BCUT2D eigenvalue weighted by Crippen LogP contribution is 2.70. The Hall–Kier alpha value is -1.06. The molecular weight excluding hydrogens is 352 g/mol. The van der Waals surface area contributed by atoms with Crippen LogP contribution in [0.1, 0.15) is 83.5 Å². The SMILES string of the molecule is O=C(O)C1CCC(C2(C3CCC(C(=O)O)CC3)C3CC4CC(C3)CC2C4)CC1. The van der Waals surface area contributed by atoms with E-state index in [4.69, 9.17) is 0 Å². The van der Waals surface area contributed by atoms with Gasteiger partial charge in [-0.2, -0.15) is 0 Å². The maximum atomic E-state index is 11.5. The van der Waals surface area contributed by atoms with E-state index in [1.807, 2.05) is 0 Å². The number of hydrogen-bond acceptors (Lipinski definition) is 2. The summed E-state index contributed by atoms with van der Waals surface area (Å²) in [4.78, 5) is 23.0. The largest absolute Gasteiger partial charge is 0.481 e. The zero-order valence-electron chi connectivity index (χ0n) is 17.0. The third-order valence-corrected chi connectivity index (χ3v) is 10.1. The van der Waals surface area contributed by atoms with Crippen LogP contribution < -0.4 is 0 Å². The van der Waals surface area contributed by atoms with Gasteiger partial charge in [0.1, 0.15) is 0 Å². The van der Waals surface area contributed by atoms with E-state index in [1.54, 1.807) is 0 Å². The first-order chi connectivity index (χ1) is 13.5. The van der Waals surface area contributed by atoms with E-state index in [-0.39, 0.29) is 11.8 Å². The topological polar surface area (TPSA) is 74.6 Å². The van der Waals surface area contributed by atoms with Gasteiger partial charge in [-0.3, -0.25) is 9.59 Å². The van der Waals surface area contributed by atoms with Crippen molar-refractivity contribution in [3.05, 3.63) is 0 Å². The van der Waals surface area contributed by atoms with Crippen molar-refractivity contribution in [3.63, 3.8) is 0 Å². The van der Waals surface area contributed by atoms with Crippen LogP contribution >= 0.6 is 0 Å². The van der Waals surface area contributed by atoms with Crippen molar-refractivity contribution < 1.29 is 19.8 Å². The van der Waals surface area contributed by atoms with Crippen LogP contribution in [0.15, 0.2) is 0 Å². The van der Waals surface area contributed by atoms with Gasteiger partial charge in [0.05, 0.1) is 11.8 Å². The van der Waals surface area contributed by atoms with Gasteiger partial charge in [-0.25, -0.2) is 0 Å². The number of carbonyl (C=O) groups is 2. The van der Waals surface area contributed by atoms with Gasteiger partial charge in [0.2, 0.25) is 0 Å². The molecule has 0 aromatic carbocycles. The van der Waals surface area contributed by atoms with Crippen molar-refractivity contribution in [1.82, 2.24) is 0 Å². The Morgan fingerprint density at radius 3 is 1.21 bits per heavy atom. The fourth-order valence-electron chi connectivity index (χ4n) is 9.35. The maximum absolute atomic E-state index is 11.5. The normalized spacial score (nSPS) is 50.4. The Balaban J connectivity index is 1.43. The summed E-state index contributed by atoms with van der Waals surface area (Å²) in [5.74, 6) is 3.47. The summed E-state index contributed by atoms with van der Waals surface area (Å²) in [6.45, 7) is 0. The molecular formula is C24H36O4. The van der Waals surface area contributed by atoms with Crippen LogP contribution in [0.25, 0.3) is 0 Å². The molecule has 0 amide bonds. The molecule has 6 aliphatic carbocycles. The number of carboxylic acid groups (broad SMARTS) is 2. The van der Waals surface area contributed by atoms with Gasteiger partial charge in [0.15, 0.2) is 0 Å². The molecule has 0 radical (unpaired) electrons. The first-order valence-corrected chi connectivity index (χ1v) is 11.9. The Morgan fingerprint density at radius 1 is 0.536 bits per heavy atom. The standard InChI is InChI=1S/C24H36O4/c25-22(26)16-1-5-18(6-2-16)24(19-7-3-17(4-8-19)23(27)28)20-10-14-9-15(12-20)13-21(24)11-14/h14-21H,1-13H2,(H,25,26)(H,27,28). The molecule has 0 unspecified atom stereocenters. The second kappa shape index (κ2) is 7.02. The van der Waals surface area contributed by atoms with Crippen molar-refractivity contribution in [2.45, 2.75) is 83.5 Å². The van der Waals surface area contributed by atoms with Crippen molar-refractivity contribution >= 4 is 11.9 Å². The van der Waals surface area contributed by atoms with Gasteiger partial charge in [-0.1, -0.05) is 0 Å². The van der Waals surface area contributed by atoms with Crippen LogP contribution in [-0.4, -0.2) is 22.2 Å². The summed E-state index contributed by atoms with van der Waals surface area (Å²) < 4.78 is 0. The first-order valence-electron chi connectivity index (χ1n) is 11.9. The molecule has 0 saturated heterocycles. The van der Waals surface area contributed by atoms with Gasteiger partial charge in [0.25, 0.3) is 0 Å². The van der Waals surface area contributed by atoms with Gasteiger partial charge < -0.3 is 10.2 Å². The molecule has 6 saturated carbocycles. The number of carboxylic acids is 2. The van der Waals surface area contributed by atoms with Crippen LogP contribution in [0.2, 0.25) is 0 Å². The maximum Gasteiger partial charge on any atom is 0.306 e. The fourth-order valence-corrected chi connectivity index (χ4v) is 9.35. The molecule has 0 atom stereocenters. The van der Waals surface area contributed by atoms with Crippen LogP contribution in [0.5, 0.6) is 0 Å². The number of rotatable bonds is 4. The smallest absolute Gasteiger partial charge is 0.306 e. The first kappa shape index (κ1) is 18.9. The van der Waals surface area contributed by atoms with E-state index in [0.717, 1.165) is 75.0 Å². The lowest BCUT2D eigenvalue weighted by Crippen LogP contribution is -2.60. The van der Waals surface area contributed by atoms with Gasteiger partial charge in [0, 0.05) is 0 Å². The van der Waals surface area contributed by atoms with Crippen molar-refractivity contribution in [3.8, 4) is 0 Å². The Kier molecular flexibility index (Phi) is 4.75. The van der Waals surface area contributed by atoms with E-state index in [1.165, 1.54) is 32.1 Å². The summed E-state index contributed by atoms with van der Waals surface area (Å²) in [5.41, 5.74) is 0.403. The highest BCUT2D eigenvalue weighted by Gasteiger charge is 2.63. The average Bonchev–Trinajstić information content (AvgIpc) is 2.68. The van der Waals surface area contributed by atoms with E-state index < -0.39 is 11.9 Å². The molecule has 0 aromatic heterocycles. The second-order valence-corrected chi connectivity index (χ2v) is 11.1. The molecule has 0 heterocycles. The van der Waals surface area contributed by atoms with Crippen molar-refractivity contribution in [1.29, 1.82) is 0 Å². The highest BCUT2D eigenvalue weighted by molar-refractivity contribution is 5.70. The highest BCUT2D eigenvalue weighted by atomic mass is 16.4. The minimum absolute atomic E-state index is 0.132. The monoisotopic (exact) mass is 388 g/mol.